The van der Waals surface area contributed by atoms with Crippen molar-refractivity contribution in [3.63, 3.8) is 0 Å². The van der Waals surface area contributed by atoms with E-state index in [1.807, 2.05) is 6.07 Å². The molecule has 20 heavy (non-hydrogen) atoms. The van der Waals surface area contributed by atoms with E-state index in [0.717, 1.165) is 23.0 Å². The molecule has 3 aromatic rings. The zero-order valence-electron chi connectivity index (χ0n) is 10.8. The number of aliphatic hydroxyl groups is 1. The highest BCUT2D eigenvalue weighted by atomic mass is 16.3. The molecule has 0 amide bonds. The fraction of sp³-hybridized carbons (Fsp3) is 0.308. The van der Waals surface area contributed by atoms with Crippen molar-refractivity contribution in [3.8, 4) is 0 Å². The van der Waals surface area contributed by atoms with Crippen LogP contribution in [-0.2, 0) is 6.42 Å². The minimum atomic E-state index is 0.0799. The number of aromatic nitrogens is 4. The van der Waals surface area contributed by atoms with Crippen LogP contribution in [0.3, 0.4) is 0 Å². The number of aliphatic hydroxyl groups excluding tert-OH is 1. The second-order valence-corrected chi connectivity index (χ2v) is 4.63. The van der Waals surface area contributed by atoms with Gasteiger partial charge in [0.2, 0.25) is 5.95 Å². The van der Waals surface area contributed by atoms with E-state index in [-0.39, 0.29) is 12.5 Å². The molecule has 0 saturated heterocycles. The van der Waals surface area contributed by atoms with E-state index < -0.39 is 0 Å². The molecule has 0 aromatic carbocycles. The Morgan fingerprint density at radius 3 is 3.15 bits per heavy atom. The summed E-state index contributed by atoms with van der Waals surface area (Å²) in [5.74, 6) is 0.612. The van der Waals surface area contributed by atoms with Crippen LogP contribution in [0.1, 0.15) is 5.56 Å². The fourth-order valence-electron chi connectivity index (χ4n) is 2.01. The Hall–Kier alpha value is -2.41. The topological polar surface area (TPSA) is 99.9 Å². The normalized spacial score (nSPS) is 12.7. The number of nitrogens with one attached hydrogen (secondary N) is 2. The van der Waals surface area contributed by atoms with Gasteiger partial charge in [-0.3, -0.25) is 5.10 Å². The van der Waals surface area contributed by atoms with Crippen molar-refractivity contribution in [2.24, 2.45) is 5.92 Å². The quantitative estimate of drug-likeness (QED) is 0.624. The molecule has 0 radical (unpaired) electrons. The van der Waals surface area contributed by atoms with Gasteiger partial charge in [0, 0.05) is 19.1 Å². The largest absolute Gasteiger partial charge is 0.472 e. The maximum atomic E-state index is 9.42. The van der Waals surface area contributed by atoms with E-state index in [2.05, 4.69) is 25.5 Å². The van der Waals surface area contributed by atoms with Crippen molar-refractivity contribution < 1.29 is 9.52 Å². The van der Waals surface area contributed by atoms with Gasteiger partial charge in [0.05, 0.1) is 24.9 Å². The third-order valence-electron chi connectivity index (χ3n) is 3.10. The van der Waals surface area contributed by atoms with Crippen LogP contribution in [0.15, 0.2) is 35.4 Å². The Morgan fingerprint density at radius 1 is 1.40 bits per heavy atom. The summed E-state index contributed by atoms with van der Waals surface area (Å²) >= 11 is 0. The maximum Gasteiger partial charge on any atom is 0.223 e. The Bertz CT molecular complexity index is 664. The molecule has 3 heterocycles. The maximum absolute atomic E-state index is 9.42. The Morgan fingerprint density at radius 2 is 2.35 bits per heavy atom. The van der Waals surface area contributed by atoms with Gasteiger partial charge in [0.1, 0.15) is 11.0 Å². The summed E-state index contributed by atoms with van der Waals surface area (Å²) in [7, 11) is 0. The van der Waals surface area contributed by atoms with Crippen LogP contribution >= 0.6 is 0 Å². The van der Waals surface area contributed by atoms with Crippen LogP contribution in [-0.4, -0.2) is 38.4 Å². The number of H-pyrrole nitrogens is 1. The minimum absolute atomic E-state index is 0.0799. The van der Waals surface area contributed by atoms with Crippen molar-refractivity contribution in [2.45, 2.75) is 6.42 Å². The van der Waals surface area contributed by atoms with Crippen LogP contribution in [0.5, 0.6) is 0 Å². The average Bonchev–Trinajstić information content (AvgIpc) is 3.13. The summed E-state index contributed by atoms with van der Waals surface area (Å²) in [5.41, 5.74) is 2.63. The molecule has 3 N–H and O–H groups in total. The second kappa shape index (κ2) is 5.70. The molecular formula is C13H15N5O2. The number of aromatic amines is 1. The number of hydrogen-bond acceptors (Lipinski definition) is 6. The lowest BCUT2D eigenvalue weighted by Gasteiger charge is -2.13. The van der Waals surface area contributed by atoms with Crippen molar-refractivity contribution in [2.75, 3.05) is 18.5 Å². The molecule has 0 saturated carbocycles. The molecule has 3 aromatic heterocycles. The van der Waals surface area contributed by atoms with E-state index in [4.69, 9.17) is 4.42 Å². The van der Waals surface area contributed by atoms with Gasteiger partial charge in [0.15, 0.2) is 0 Å². The highest BCUT2D eigenvalue weighted by Gasteiger charge is 2.10. The Kier molecular flexibility index (Phi) is 3.60. The number of hydrogen-bond donors (Lipinski definition) is 3. The summed E-state index contributed by atoms with van der Waals surface area (Å²) in [6, 6.07) is 1.90. The van der Waals surface area contributed by atoms with Gasteiger partial charge in [-0.25, -0.2) is 9.97 Å². The van der Waals surface area contributed by atoms with Crippen molar-refractivity contribution >= 4 is 17.0 Å². The Labute approximate surface area is 115 Å². The molecule has 0 fully saturated rings. The Balaban J connectivity index is 1.61. The number of fused-ring (bicyclic) bond motifs is 1. The molecule has 0 aliphatic carbocycles. The summed E-state index contributed by atoms with van der Waals surface area (Å²) in [5, 5.41) is 19.2. The molecular weight excluding hydrogens is 258 g/mol. The zero-order valence-corrected chi connectivity index (χ0v) is 10.8. The van der Waals surface area contributed by atoms with Crippen LogP contribution in [0.25, 0.3) is 11.0 Å². The fourth-order valence-corrected chi connectivity index (χ4v) is 2.01. The number of rotatable bonds is 6. The predicted molar refractivity (Wildman–Crippen MR) is 73.2 cm³/mol. The lowest BCUT2D eigenvalue weighted by molar-refractivity contribution is 0.232. The summed E-state index contributed by atoms with van der Waals surface area (Å²) in [6.45, 7) is 0.678. The van der Waals surface area contributed by atoms with E-state index in [1.165, 1.54) is 0 Å². The molecule has 7 heteroatoms. The van der Waals surface area contributed by atoms with Gasteiger partial charge < -0.3 is 14.8 Å². The van der Waals surface area contributed by atoms with Gasteiger partial charge >= 0.3 is 0 Å². The first-order valence-corrected chi connectivity index (χ1v) is 6.37. The predicted octanol–water partition coefficient (Wildman–Crippen LogP) is 1.21. The molecule has 0 spiro atoms. The van der Waals surface area contributed by atoms with Gasteiger partial charge in [0.25, 0.3) is 0 Å². The molecule has 0 aliphatic heterocycles. The number of furan rings is 1. The molecule has 104 valence electrons. The first-order valence-electron chi connectivity index (χ1n) is 6.37. The third kappa shape index (κ3) is 2.77. The lowest BCUT2D eigenvalue weighted by atomic mass is 10.0. The smallest absolute Gasteiger partial charge is 0.223 e. The SMILES string of the molecule is OCC(CNc1ncc2[nH]ncc2n1)Cc1ccoc1. The number of nitrogens with zero attached hydrogens (tertiary/aromatic N) is 3. The molecule has 0 aliphatic rings. The van der Waals surface area contributed by atoms with Gasteiger partial charge in [-0.1, -0.05) is 0 Å². The van der Waals surface area contributed by atoms with E-state index >= 15 is 0 Å². The molecule has 0 bridgehead atoms. The van der Waals surface area contributed by atoms with E-state index in [9.17, 15) is 5.11 Å². The van der Waals surface area contributed by atoms with Crippen molar-refractivity contribution in [3.05, 3.63) is 36.5 Å². The van der Waals surface area contributed by atoms with Gasteiger partial charge in [-0.2, -0.15) is 5.10 Å². The van der Waals surface area contributed by atoms with Gasteiger partial charge in [-0.15, -0.1) is 0 Å². The minimum Gasteiger partial charge on any atom is -0.472 e. The second-order valence-electron chi connectivity index (χ2n) is 4.63. The van der Waals surface area contributed by atoms with Crippen LogP contribution in [0.4, 0.5) is 5.95 Å². The molecule has 3 rings (SSSR count). The van der Waals surface area contributed by atoms with Crippen LogP contribution < -0.4 is 5.32 Å². The van der Waals surface area contributed by atoms with E-state index in [1.54, 1.807) is 24.9 Å². The molecule has 7 nitrogen and oxygen atoms in total. The molecule has 1 unspecified atom stereocenters. The summed E-state index contributed by atoms with van der Waals surface area (Å²) in [6.07, 6.45) is 7.40. The highest BCUT2D eigenvalue weighted by molar-refractivity contribution is 5.73. The summed E-state index contributed by atoms with van der Waals surface area (Å²) in [4.78, 5) is 8.51. The average molecular weight is 273 g/mol. The summed E-state index contributed by atoms with van der Waals surface area (Å²) < 4.78 is 5.02. The van der Waals surface area contributed by atoms with Gasteiger partial charge in [-0.05, 0) is 18.1 Å². The van der Waals surface area contributed by atoms with Crippen LogP contribution in [0.2, 0.25) is 0 Å². The molecule has 1 atom stereocenters. The first-order chi connectivity index (χ1) is 9.85. The van der Waals surface area contributed by atoms with E-state index in [0.29, 0.717) is 12.5 Å². The van der Waals surface area contributed by atoms with Crippen molar-refractivity contribution in [1.82, 2.24) is 20.2 Å². The zero-order chi connectivity index (χ0) is 13.8. The lowest BCUT2D eigenvalue weighted by Crippen LogP contribution is -2.21. The third-order valence-corrected chi connectivity index (χ3v) is 3.10. The van der Waals surface area contributed by atoms with Crippen LogP contribution in [0, 0.1) is 5.92 Å². The van der Waals surface area contributed by atoms with Crippen molar-refractivity contribution in [1.29, 1.82) is 0 Å². The standard InChI is InChI=1S/C13H15N5O2/c19-7-10(3-9-1-2-20-8-9)4-14-13-15-5-12-11(17-13)6-16-18-12/h1-2,5-6,8,10,19H,3-4,7H2,(H,16,18)(H,14,15,17). The highest BCUT2D eigenvalue weighted by Crippen LogP contribution is 2.12. The number of anilines is 1. The first kappa shape index (κ1) is 12.6. The monoisotopic (exact) mass is 273 g/mol.